The van der Waals surface area contributed by atoms with Gasteiger partial charge < -0.3 is 10.1 Å². The second-order valence-electron chi connectivity index (χ2n) is 4.64. The molecule has 2 rings (SSSR count). The van der Waals surface area contributed by atoms with Crippen molar-refractivity contribution in [2.24, 2.45) is 0 Å². The lowest BCUT2D eigenvalue weighted by Crippen LogP contribution is -2.14. The highest BCUT2D eigenvalue weighted by Crippen LogP contribution is 2.26. The molecule has 0 bridgehead atoms. The van der Waals surface area contributed by atoms with Gasteiger partial charge in [0.1, 0.15) is 23.2 Å². The molecule has 4 nitrogen and oxygen atoms in total. The molecule has 7 heteroatoms. The van der Waals surface area contributed by atoms with Crippen LogP contribution in [0.15, 0.2) is 50.9 Å². The zero-order valence-electron chi connectivity index (χ0n) is 12.4. The summed E-state index contributed by atoms with van der Waals surface area (Å²) in [5.74, 6) is -0.653. The Kier molecular flexibility index (Phi) is 6.12. The second kappa shape index (κ2) is 8.08. The first-order chi connectivity index (χ1) is 11.4. The van der Waals surface area contributed by atoms with Gasteiger partial charge in [0.15, 0.2) is 0 Å². The van der Waals surface area contributed by atoms with Gasteiger partial charge in [0.25, 0.3) is 5.91 Å². The molecule has 2 aromatic carbocycles. The van der Waals surface area contributed by atoms with Gasteiger partial charge in [-0.3, -0.25) is 4.79 Å². The Morgan fingerprint density at radius 1 is 1.29 bits per heavy atom. The number of halogens is 3. The highest BCUT2D eigenvalue weighted by molar-refractivity contribution is 9.10. The highest BCUT2D eigenvalue weighted by atomic mass is 79.9. The normalized spacial score (nSPS) is 10.9. The van der Waals surface area contributed by atoms with Crippen molar-refractivity contribution >= 4 is 49.5 Å². The van der Waals surface area contributed by atoms with Crippen LogP contribution >= 0.6 is 31.9 Å². The fourth-order valence-electron chi connectivity index (χ4n) is 1.87. The quantitative estimate of drug-likeness (QED) is 0.528. The first kappa shape index (κ1) is 18.2. The number of methoxy groups -OCH3 is 1. The molecular weight excluding hydrogens is 443 g/mol. The molecule has 0 aliphatic carbocycles. The standard InChI is InChI=1S/C17H11Br2FN2O2/c1-24-16-5-2-10(7-13(16)19)6-11(9-21)17(23)22-15-4-3-12(18)8-14(15)20/h2-8H,1H3,(H,22,23)/b11-6+. The maximum absolute atomic E-state index is 13.8. The predicted molar refractivity (Wildman–Crippen MR) is 97.0 cm³/mol. The van der Waals surface area contributed by atoms with Crippen LogP contribution < -0.4 is 10.1 Å². The molecule has 24 heavy (non-hydrogen) atoms. The third-order valence-electron chi connectivity index (χ3n) is 3.03. The lowest BCUT2D eigenvalue weighted by Gasteiger charge is -2.07. The van der Waals surface area contributed by atoms with Crippen LogP contribution in [0.1, 0.15) is 5.56 Å². The van der Waals surface area contributed by atoms with E-state index in [0.29, 0.717) is 20.3 Å². The third kappa shape index (κ3) is 4.43. The number of amides is 1. The topological polar surface area (TPSA) is 62.1 Å². The van der Waals surface area contributed by atoms with Crippen LogP contribution in [0.5, 0.6) is 5.75 Å². The molecule has 0 aliphatic rings. The molecule has 0 aromatic heterocycles. The summed E-state index contributed by atoms with van der Waals surface area (Å²) >= 11 is 6.47. The van der Waals surface area contributed by atoms with Crippen molar-refractivity contribution < 1.29 is 13.9 Å². The first-order valence-electron chi connectivity index (χ1n) is 6.66. The number of carbonyl (C=O) groups excluding carboxylic acids is 1. The largest absolute Gasteiger partial charge is 0.496 e. The van der Waals surface area contributed by atoms with Gasteiger partial charge in [0, 0.05) is 4.47 Å². The minimum absolute atomic E-state index is 0.000242. The molecule has 1 amide bonds. The number of hydrogen-bond donors (Lipinski definition) is 1. The highest BCUT2D eigenvalue weighted by Gasteiger charge is 2.12. The van der Waals surface area contributed by atoms with Crippen molar-refractivity contribution in [1.82, 2.24) is 0 Å². The molecule has 0 heterocycles. The molecule has 1 N–H and O–H groups in total. The van der Waals surface area contributed by atoms with Crippen molar-refractivity contribution in [1.29, 1.82) is 5.26 Å². The van der Waals surface area contributed by atoms with Gasteiger partial charge in [0.2, 0.25) is 0 Å². The molecule has 0 fully saturated rings. The van der Waals surface area contributed by atoms with E-state index in [0.717, 1.165) is 0 Å². The predicted octanol–water partition coefficient (Wildman–Crippen LogP) is 4.90. The number of nitrogens with zero attached hydrogens (tertiary/aromatic N) is 1. The van der Waals surface area contributed by atoms with Crippen molar-refractivity contribution in [2.45, 2.75) is 0 Å². The van der Waals surface area contributed by atoms with E-state index in [9.17, 15) is 14.4 Å². The van der Waals surface area contributed by atoms with Gasteiger partial charge in [-0.2, -0.15) is 5.26 Å². The number of nitrogens with one attached hydrogen (secondary N) is 1. The Labute approximate surface area is 155 Å². The third-order valence-corrected chi connectivity index (χ3v) is 4.14. The molecular formula is C17H11Br2FN2O2. The van der Waals surface area contributed by atoms with E-state index in [-0.39, 0.29) is 11.3 Å². The van der Waals surface area contributed by atoms with Crippen molar-refractivity contribution in [3.8, 4) is 11.8 Å². The monoisotopic (exact) mass is 452 g/mol. The summed E-state index contributed by atoms with van der Waals surface area (Å²) in [7, 11) is 1.54. The first-order valence-corrected chi connectivity index (χ1v) is 8.25. The minimum Gasteiger partial charge on any atom is -0.496 e. The average Bonchev–Trinajstić information content (AvgIpc) is 2.55. The second-order valence-corrected chi connectivity index (χ2v) is 6.41. The summed E-state index contributed by atoms with van der Waals surface area (Å²) in [6.45, 7) is 0. The molecule has 0 saturated carbocycles. The van der Waals surface area contributed by atoms with E-state index in [1.54, 1.807) is 24.3 Å². The number of nitriles is 1. The van der Waals surface area contributed by atoms with Crippen molar-refractivity contribution in [2.75, 3.05) is 12.4 Å². The molecule has 0 radical (unpaired) electrons. The van der Waals surface area contributed by atoms with E-state index in [2.05, 4.69) is 37.2 Å². The van der Waals surface area contributed by atoms with Gasteiger partial charge in [0.05, 0.1) is 17.3 Å². The SMILES string of the molecule is COc1ccc(/C=C(\C#N)C(=O)Nc2ccc(Br)cc2F)cc1Br. The van der Waals surface area contributed by atoms with Crippen LogP contribution in [-0.4, -0.2) is 13.0 Å². The maximum Gasteiger partial charge on any atom is 0.266 e. The summed E-state index contributed by atoms with van der Waals surface area (Å²) < 4.78 is 20.1. The van der Waals surface area contributed by atoms with E-state index >= 15 is 0 Å². The van der Waals surface area contributed by atoms with Gasteiger partial charge >= 0.3 is 0 Å². The van der Waals surface area contributed by atoms with Crippen LogP contribution in [0.3, 0.4) is 0 Å². The van der Waals surface area contributed by atoms with E-state index in [1.165, 1.54) is 25.3 Å². The van der Waals surface area contributed by atoms with E-state index in [4.69, 9.17) is 4.74 Å². The lowest BCUT2D eigenvalue weighted by molar-refractivity contribution is -0.112. The number of benzene rings is 2. The molecule has 0 atom stereocenters. The molecule has 0 unspecified atom stereocenters. The van der Waals surface area contributed by atoms with Crippen LogP contribution in [-0.2, 0) is 4.79 Å². The lowest BCUT2D eigenvalue weighted by atomic mass is 10.1. The van der Waals surface area contributed by atoms with E-state index in [1.807, 2.05) is 6.07 Å². The Morgan fingerprint density at radius 3 is 2.62 bits per heavy atom. The Morgan fingerprint density at radius 2 is 2.04 bits per heavy atom. The van der Waals surface area contributed by atoms with E-state index < -0.39 is 11.7 Å². The summed E-state index contributed by atoms with van der Waals surface area (Å²) in [6.07, 6.45) is 1.41. The number of rotatable bonds is 4. The smallest absolute Gasteiger partial charge is 0.266 e. The summed E-state index contributed by atoms with van der Waals surface area (Å²) in [4.78, 5) is 12.2. The minimum atomic E-state index is -0.689. The summed E-state index contributed by atoms with van der Waals surface area (Å²) in [5, 5.41) is 11.6. The summed E-state index contributed by atoms with van der Waals surface area (Å²) in [6, 6.07) is 11.2. The number of ether oxygens (including phenoxy) is 1. The zero-order chi connectivity index (χ0) is 17.7. The molecule has 0 spiro atoms. The van der Waals surface area contributed by atoms with Crippen molar-refractivity contribution in [3.05, 3.63) is 62.3 Å². The van der Waals surface area contributed by atoms with Gasteiger partial charge in [-0.25, -0.2) is 4.39 Å². The van der Waals surface area contributed by atoms with Crippen LogP contribution in [0, 0.1) is 17.1 Å². The zero-order valence-corrected chi connectivity index (χ0v) is 15.6. The average molecular weight is 454 g/mol. The van der Waals surface area contributed by atoms with Crippen LogP contribution in [0.25, 0.3) is 6.08 Å². The number of carbonyl (C=O) groups is 1. The van der Waals surface area contributed by atoms with Crippen LogP contribution in [0.4, 0.5) is 10.1 Å². The summed E-state index contributed by atoms with van der Waals surface area (Å²) in [5.41, 5.74) is 0.486. The Hall–Kier alpha value is -2.17. The van der Waals surface area contributed by atoms with Gasteiger partial charge in [-0.15, -0.1) is 0 Å². The van der Waals surface area contributed by atoms with Gasteiger partial charge in [-0.1, -0.05) is 22.0 Å². The number of anilines is 1. The Balaban J connectivity index is 2.25. The van der Waals surface area contributed by atoms with Gasteiger partial charge in [-0.05, 0) is 57.9 Å². The van der Waals surface area contributed by atoms with Crippen molar-refractivity contribution in [3.63, 3.8) is 0 Å². The maximum atomic E-state index is 13.8. The molecule has 0 aliphatic heterocycles. The van der Waals surface area contributed by atoms with Crippen LogP contribution in [0.2, 0.25) is 0 Å². The molecule has 122 valence electrons. The molecule has 0 saturated heterocycles. The fourth-order valence-corrected chi connectivity index (χ4v) is 2.76. The number of hydrogen-bond acceptors (Lipinski definition) is 3. The fraction of sp³-hybridized carbons (Fsp3) is 0.0588. The molecule has 2 aromatic rings. The Bertz CT molecular complexity index is 860.